The molecule has 0 saturated heterocycles. The summed E-state index contributed by atoms with van der Waals surface area (Å²) in [6.45, 7) is 4.10. The minimum Gasteiger partial charge on any atom is -0.398 e. The number of hydrogen-bond acceptors (Lipinski definition) is 2. The smallest absolute Gasteiger partial charge is 0.143 e. The SMILES string of the molecule is CC(C)n1c(-c2cc(F)ccc2N)nc2cc(Cl)ccc21. The first-order valence-corrected chi connectivity index (χ1v) is 7.08. The van der Waals surface area contributed by atoms with Crippen LogP contribution in [-0.4, -0.2) is 9.55 Å². The number of benzene rings is 2. The van der Waals surface area contributed by atoms with Crippen LogP contribution in [0.25, 0.3) is 22.4 Å². The molecule has 0 atom stereocenters. The van der Waals surface area contributed by atoms with Crippen LogP contribution in [0.5, 0.6) is 0 Å². The van der Waals surface area contributed by atoms with Crippen molar-refractivity contribution in [1.29, 1.82) is 0 Å². The molecule has 0 aliphatic carbocycles. The second-order valence-electron chi connectivity index (χ2n) is 5.26. The van der Waals surface area contributed by atoms with Crippen LogP contribution in [0.3, 0.4) is 0 Å². The van der Waals surface area contributed by atoms with Crippen molar-refractivity contribution in [3.05, 3.63) is 47.2 Å². The summed E-state index contributed by atoms with van der Waals surface area (Å²) in [5.74, 6) is 0.318. The number of halogens is 2. The lowest BCUT2D eigenvalue weighted by atomic mass is 10.1. The molecule has 2 N–H and O–H groups in total. The van der Waals surface area contributed by atoms with E-state index in [1.165, 1.54) is 12.1 Å². The Labute approximate surface area is 127 Å². The van der Waals surface area contributed by atoms with E-state index < -0.39 is 0 Å². The third kappa shape index (κ3) is 2.36. The Balaban J connectivity index is 2.36. The lowest BCUT2D eigenvalue weighted by Gasteiger charge is -2.14. The normalized spacial score (nSPS) is 11.5. The lowest BCUT2D eigenvalue weighted by Crippen LogP contribution is -2.04. The maximum Gasteiger partial charge on any atom is 0.143 e. The maximum absolute atomic E-state index is 13.6. The van der Waals surface area contributed by atoms with E-state index in [4.69, 9.17) is 17.3 Å². The third-order valence-corrected chi connectivity index (χ3v) is 3.66. The fraction of sp³-hybridized carbons (Fsp3) is 0.188. The predicted octanol–water partition coefficient (Wildman–Crippen LogP) is 4.66. The topological polar surface area (TPSA) is 43.8 Å². The van der Waals surface area contributed by atoms with Crippen LogP contribution in [-0.2, 0) is 0 Å². The van der Waals surface area contributed by atoms with Crippen LogP contribution in [0, 0.1) is 5.82 Å². The summed E-state index contributed by atoms with van der Waals surface area (Å²) >= 11 is 6.03. The Kier molecular flexibility index (Phi) is 3.33. The van der Waals surface area contributed by atoms with Crippen molar-refractivity contribution in [2.75, 3.05) is 5.73 Å². The van der Waals surface area contributed by atoms with Crippen molar-refractivity contribution in [1.82, 2.24) is 9.55 Å². The zero-order valence-corrected chi connectivity index (χ0v) is 12.5. The van der Waals surface area contributed by atoms with E-state index in [-0.39, 0.29) is 11.9 Å². The number of anilines is 1. The summed E-state index contributed by atoms with van der Waals surface area (Å²) in [4.78, 5) is 4.60. The average Bonchev–Trinajstić information content (AvgIpc) is 2.79. The highest BCUT2D eigenvalue weighted by molar-refractivity contribution is 6.31. The summed E-state index contributed by atoms with van der Waals surface area (Å²) in [7, 11) is 0. The molecule has 0 radical (unpaired) electrons. The molecule has 0 bridgehead atoms. The fourth-order valence-electron chi connectivity index (χ4n) is 2.51. The summed E-state index contributed by atoms with van der Waals surface area (Å²) in [5, 5.41) is 0.620. The van der Waals surface area contributed by atoms with Gasteiger partial charge in [-0.3, -0.25) is 0 Å². The minimum absolute atomic E-state index is 0.161. The molecule has 108 valence electrons. The van der Waals surface area contributed by atoms with Gasteiger partial charge in [0.15, 0.2) is 0 Å². The molecule has 0 unspecified atom stereocenters. The first-order valence-electron chi connectivity index (χ1n) is 6.70. The Morgan fingerprint density at radius 3 is 2.67 bits per heavy atom. The van der Waals surface area contributed by atoms with Gasteiger partial charge in [0.1, 0.15) is 11.6 Å². The van der Waals surface area contributed by atoms with Gasteiger partial charge in [0.2, 0.25) is 0 Å². The summed E-state index contributed by atoms with van der Waals surface area (Å²) in [6.07, 6.45) is 0. The number of nitrogen functional groups attached to an aromatic ring is 1. The molecule has 0 fully saturated rings. The number of hydrogen-bond donors (Lipinski definition) is 1. The number of imidazole rings is 1. The van der Waals surface area contributed by atoms with E-state index in [1.54, 1.807) is 12.1 Å². The zero-order chi connectivity index (χ0) is 15.1. The van der Waals surface area contributed by atoms with Crippen LogP contribution in [0.2, 0.25) is 5.02 Å². The van der Waals surface area contributed by atoms with Gasteiger partial charge in [-0.2, -0.15) is 0 Å². The van der Waals surface area contributed by atoms with Gasteiger partial charge in [0.25, 0.3) is 0 Å². The van der Waals surface area contributed by atoms with Gasteiger partial charge in [0, 0.05) is 22.3 Å². The van der Waals surface area contributed by atoms with Gasteiger partial charge >= 0.3 is 0 Å². The van der Waals surface area contributed by atoms with Gasteiger partial charge in [-0.1, -0.05) is 11.6 Å². The zero-order valence-electron chi connectivity index (χ0n) is 11.8. The molecule has 2 aromatic carbocycles. The molecule has 3 rings (SSSR count). The number of nitrogens with two attached hydrogens (primary N) is 1. The molecule has 0 spiro atoms. The average molecular weight is 304 g/mol. The predicted molar refractivity (Wildman–Crippen MR) is 84.9 cm³/mol. The van der Waals surface area contributed by atoms with Crippen LogP contribution in [0.1, 0.15) is 19.9 Å². The number of fused-ring (bicyclic) bond motifs is 1. The minimum atomic E-state index is -0.334. The summed E-state index contributed by atoms with van der Waals surface area (Å²) in [6, 6.07) is 10.0. The Hall–Kier alpha value is -2.07. The molecule has 0 aliphatic rings. The highest BCUT2D eigenvalue weighted by Crippen LogP contribution is 2.32. The first-order chi connectivity index (χ1) is 9.97. The van der Waals surface area contributed by atoms with Crippen LogP contribution < -0.4 is 5.73 Å². The molecule has 3 aromatic rings. The van der Waals surface area contributed by atoms with Gasteiger partial charge in [-0.05, 0) is 50.2 Å². The number of aromatic nitrogens is 2. The standard InChI is InChI=1S/C16H15ClFN3/c1-9(2)21-15-6-3-10(17)7-14(15)20-16(21)12-8-11(18)4-5-13(12)19/h3-9H,19H2,1-2H3. The van der Waals surface area contributed by atoms with Gasteiger partial charge in [-0.25, -0.2) is 9.37 Å². The molecule has 1 heterocycles. The molecular weight excluding hydrogens is 289 g/mol. The van der Waals surface area contributed by atoms with E-state index in [2.05, 4.69) is 18.8 Å². The molecule has 5 heteroatoms. The van der Waals surface area contributed by atoms with E-state index >= 15 is 0 Å². The van der Waals surface area contributed by atoms with Crippen molar-refractivity contribution in [2.24, 2.45) is 0 Å². The van der Waals surface area contributed by atoms with E-state index in [1.807, 2.05) is 16.7 Å². The molecule has 21 heavy (non-hydrogen) atoms. The Morgan fingerprint density at radius 2 is 1.95 bits per heavy atom. The third-order valence-electron chi connectivity index (χ3n) is 3.42. The fourth-order valence-corrected chi connectivity index (χ4v) is 2.67. The van der Waals surface area contributed by atoms with Gasteiger partial charge in [-0.15, -0.1) is 0 Å². The van der Waals surface area contributed by atoms with Crippen molar-refractivity contribution >= 4 is 28.3 Å². The van der Waals surface area contributed by atoms with Crippen LogP contribution in [0.4, 0.5) is 10.1 Å². The molecule has 0 aliphatic heterocycles. The van der Waals surface area contributed by atoms with Crippen molar-refractivity contribution < 1.29 is 4.39 Å². The van der Waals surface area contributed by atoms with Crippen molar-refractivity contribution in [3.63, 3.8) is 0 Å². The maximum atomic E-state index is 13.6. The number of rotatable bonds is 2. The van der Waals surface area contributed by atoms with Gasteiger partial charge < -0.3 is 10.3 Å². The molecule has 3 nitrogen and oxygen atoms in total. The highest BCUT2D eigenvalue weighted by atomic mass is 35.5. The van der Waals surface area contributed by atoms with E-state index in [9.17, 15) is 4.39 Å². The van der Waals surface area contributed by atoms with Crippen molar-refractivity contribution in [2.45, 2.75) is 19.9 Å². The molecule has 1 aromatic heterocycles. The highest BCUT2D eigenvalue weighted by Gasteiger charge is 2.17. The summed E-state index contributed by atoms with van der Waals surface area (Å²) in [5.41, 5.74) is 8.81. The second kappa shape index (κ2) is 5.04. The van der Waals surface area contributed by atoms with Crippen LogP contribution >= 0.6 is 11.6 Å². The molecule has 0 saturated carbocycles. The number of nitrogens with zero attached hydrogens (tertiary/aromatic N) is 2. The van der Waals surface area contributed by atoms with Crippen LogP contribution in [0.15, 0.2) is 36.4 Å². The second-order valence-corrected chi connectivity index (χ2v) is 5.70. The quantitative estimate of drug-likeness (QED) is 0.700. The first kappa shape index (κ1) is 13.9. The molecule has 0 amide bonds. The monoisotopic (exact) mass is 303 g/mol. The summed E-state index contributed by atoms with van der Waals surface area (Å²) < 4.78 is 15.6. The van der Waals surface area contributed by atoms with Gasteiger partial charge in [0.05, 0.1) is 11.0 Å². The largest absolute Gasteiger partial charge is 0.398 e. The Bertz CT molecular complexity index is 824. The van der Waals surface area contributed by atoms with E-state index in [0.29, 0.717) is 22.1 Å². The lowest BCUT2D eigenvalue weighted by molar-refractivity contribution is 0.618. The van der Waals surface area contributed by atoms with E-state index in [0.717, 1.165) is 11.0 Å². The molecular formula is C16H15ClFN3. The Morgan fingerprint density at radius 1 is 1.19 bits per heavy atom. The van der Waals surface area contributed by atoms with Crippen molar-refractivity contribution in [3.8, 4) is 11.4 Å².